The molecule has 5 heteroatoms. The van der Waals surface area contributed by atoms with Gasteiger partial charge in [0, 0.05) is 38.9 Å². The molecule has 0 spiro atoms. The predicted molar refractivity (Wildman–Crippen MR) is 82.2 cm³/mol. The van der Waals surface area contributed by atoms with E-state index in [1.54, 1.807) is 7.11 Å². The number of rotatable bonds is 7. The largest absolute Gasteiger partial charge is 0.466 e. The van der Waals surface area contributed by atoms with E-state index in [4.69, 9.17) is 18.9 Å². The molecule has 4 atom stereocenters. The molecule has 1 saturated carbocycles. The number of carbonyl (C=O) groups excluding carboxylic acids is 1. The van der Waals surface area contributed by atoms with E-state index in [-0.39, 0.29) is 12.3 Å². The summed E-state index contributed by atoms with van der Waals surface area (Å²) in [5.74, 6) is 0.0914. The van der Waals surface area contributed by atoms with Crippen LogP contribution in [0.1, 0.15) is 58.8 Å². The highest BCUT2D eigenvalue weighted by Gasteiger charge is 2.53. The highest BCUT2D eigenvalue weighted by Crippen LogP contribution is 2.49. The maximum atomic E-state index is 11.7. The van der Waals surface area contributed by atoms with Crippen LogP contribution < -0.4 is 0 Å². The molecule has 0 aromatic heterocycles. The van der Waals surface area contributed by atoms with Gasteiger partial charge in [0.25, 0.3) is 0 Å². The Bertz CT molecular complexity index is 359. The van der Waals surface area contributed by atoms with Crippen molar-refractivity contribution >= 4 is 5.97 Å². The Labute approximate surface area is 133 Å². The van der Waals surface area contributed by atoms with Gasteiger partial charge < -0.3 is 18.9 Å². The molecule has 0 aromatic rings. The van der Waals surface area contributed by atoms with Gasteiger partial charge in [-0.2, -0.15) is 0 Å². The predicted octanol–water partition coefficient (Wildman–Crippen LogP) is 3.26. The van der Waals surface area contributed by atoms with Crippen molar-refractivity contribution < 1.29 is 23.7 Å². The fourth-order valence-electron chi connectivity index (χ4n) is 3.99. The molecule has 5 nitrogen and oxygen atoms in total. The molecule has 1 saturated heterocycles. The molecule has 0 amide bonds. The third-order valence-corrected chi connectivity index (χ3v) is 4.98. The molecular formula is C17H30O5. The molecule has 1 aliphatic heterocycles. The van der Waals surface area contributed by atoms with Gasteiger partial charge in [-0.05, 0) is 39.0 Å². The first-order chi connectivity index (χ1) is 10.6. The fourth-order valence-corrected chi connectivity index (χ4v) is 3.99. The highest BCUT2D eigenvalue weighted by atomic mass is 16.8. The number of hydrogen-bond donors (Lipinski definition) is 0. The number of ether oxygens (including phenoxy) is 4. The second-order valence-corrected chi connectivity index (χ2v) is 6.21. The lowest BCUT2D eigenvalue weighted by Crippen LogP contribution is -2.40. The van der Waals surface area contributed by atoms with Gasteiger partial charge in [0.1, 0.15) is 0 Å². The number of fused-ring (bicyclic) bond motifs is 1. The molecule has 0 bridgehead atoms. The van der Waals surface area contributed by atoms with Gasteiger partial charge in [-0.1, -0.05) is 6.42 Å². The van der Waals surface area contributed by atoms with Crippen LogP contribution in [0.15, 0.2) is 0 Å². The quantitative estimate of drug-likeness (QED) is 0.675. The third-order valence-electron chi connectivity index (χ3n) is 4.98. The second-order valence-electron chi connectivity index (χ2n) is 6.21. The van der Waals surface area contributed by atoms with Crippen molar-refractivity contribution in [1.82, 2.24) is 0 Å². The number of hydrogen-bond acceptors (Lipinski definition) is 5. The van der Waals surface area contributed by atoms with Gasteiger partial charge in [0.05, 0.1) is 6.61 Å². The van der Waals surface area contributed by atoms with E-state index in [1.165, 1.54) is 0 Å². The van der Waals surface area contributed by atoms with Crippen LogP contribution in [-0.2, 0) is 23.7 Å². The second kappa shape index (κ2) is 8.27. The molecule has 22 heavy (non-hydrogen) atoms. The Morgan fingerprint density at radius 2 is 2.09 bits per heavy atom. The average Bonchev–Trinajstić information content (AvgIpc) is 2.77. The zero-order chi connectivity index (χ0) is 16.0. The van der Waals surface area contributed by atoms with Crippen LogP contribution in [0.2, 0.25) is 0 Å². The van der Waals surface area contributed by atoms with E-state index in [1.807, 2.05) is 13.8 Å². The Morgan fingerprint density at radius 3 is 2.77 bits per heavy atom. The molecule has 1 heterocycles. The smallest absolute Gasteiger partial charge is 0.305 e. The standard InChI is InChI=1S/C17H30O5/c1-4-20-15(18)10-9-13-8-6-7-11-17(19-3)14(13)12-16(22-17)21-5-2/h13-14,16H,4-12H2,1-3H3/t13-,14-,16?,17?/m0/s1. The Hall–Kier alpha value is -0.650. The summed E-state index contributed by atoms with van der Waals surface area (Å²) in [5, 5.41) is 0. The molecule has 2 aliphatic rings. The molecule has 0 aromatic carbocycles. The van der Waals surface area contributed by atoms with E-state index < -0.39 is 5.79 Å². The highest BCUT2D eigenvalue weighted by molar-refractivity contribution is 5.69. The van der Waals surface area contributed by atoms with Crippen molar-refractivity contribution in [3.63, 3.8) is 0 Å². The zero-order valence-corrected chi connectivity index (χ0v) is 14.1. The Balaban J connectivity index is 2.03. The summed E-state index contributed by atoms with van der Waals surface area (Å²) in [6.45, 7) is 4.92. The molecule has 0 N–H and O–H groups in total. The molecule has 2 unspecified atom stereocenters. The summed E-state index contributed by atoms with van der Waals surface area (Å²) in [4.78, 5) is 11.7. The van der Waals surface area contributed by atoms with Gasteiger partial charge in [0.15, 0.2) is 12.1 Å². The van der Waals surface area contributed by atoms with E-state index in [2.05, 4.69) is 0 Å². The maximum Gasteiger partial charge on any atom is 0.305 e. The zero-order valence-electron chi connectivity index (χ0n) is 14.1. The first-order valence-corrected chi connectivity index (χ1v) is 8.65. The van der Waals surface area contributed by atoms with Crippen LogP contribution in [-0.4, -0.2) is 38.4 Å². The van der Waals surface area contributed by atoms with Crippen LogP contribution >= 0.6 is 0 Å². The molecule has 2 rings (SSSR count). The minimum Gasteiger partial charge on any atom is -0.466 e. The molecule has 2 fully saturated rings. The van der Waals surface area contributed by atoms with Crippen LogP contribution in [0.5, 0.6) is 0 Å². The third kappa shape index (κ3) is 4.00. The topological polar surface area (TPSA) is 54.0 Å². The van der Waals surface area contributed by atoms with Crippen molar-refractivity contribution in [3.8, 4) is 0 Å². The van der Waals surface area contributed by atoms with Crippen molar-refractivity contribution in [2.75, 3.05) is 20.3 Å². The van der Waals surface area contributed by atoms with E-state index in [0.717, 1.165) is 38.5 Å². The summed E-state index contributed by atoms with van der Waals surface area (Å²) < 4.78 is 22.7. The summed E-state index contributed by atoms with van der Waals surface area (Å²) in [7, 11) is 1.73. The number of carbonyl (C=O) groups is 1. The van der Waals surface area contributed by atoms with Gasteiger partial charge in [-0.25, -0.2) is 0 Å². The normalized spacial score (nSPS) is 35.0. The summed E-state index contributed by atoms with van der Waals surface area (Å²) in [6.07, 6.45) is 6.29. The number of methoxy groups -OCH3 is 1. The van der Waals surface area contributed by atoms with Crippen molar-refractivity contribution in [2.45, 2.75) is 70.9 Å². The van der Waals surface area contributed by atoms with Gasteiger partial charge in [-0.15, -0.1) is 0 Å². The lowest BCUT2D eigenvalue weighted by atomic mass is 9.80. The summed E-state index contributed by atoms with van der Waals surface area (Å²) in [6, 6.07) is 0. The average molecular weight is 314 g/mol. The van der Waals surface area contributed by atoms with Crippen LogP contribution in [0, 0.1) is 11.8 Å². The van der Waals surface area contributed by atoms with E-state index in [9.17, 15) is 4.79 Å². The fraction of sp³-hybridized carbons (Fsp3) is 0.941. The Kier molecular flexibility index (Phi) is 6.66. The minimum atomic E-state index is -0.532. The number of esters is 1. The molecule has 0 radical (unpaired) electrons. The van der Waals surface area contributed by atoms with Gasteiger partial charge in [-0.3, -0.25) is 4.79 Å². The SMILES string of the molecule is CCOC(=O)CC[C@@H]1CCCCC2(OC)OC(OCC)C[C@@H]12. The van der Waals surface area contributed by atoms with Crippen LogP contribution in [0.4, 0.5) is 0 Å². The Morgan fingerprint density at radius 1 is 1.27 bits per heavy atom. The molecule has 128 valence electrons. The van der Waals surface area contributed by atoms with E-state index >= 15 is 0 Å². The maximum absolute atomic E-state index is 11.7. The lowest BCUT2D eigenvalue weighted by molar-refractivity contribution is -0.277. The summed E-state index contributed by atoms with van der Waals surface area (Å²) >= 11 is 0. The molecular weight excluding hydrogens is 284 g/mol. The monoisotopic (exact) mass is 314 g/mol. The van der Waals surface area contributed by atoms with Gasteiger partial charge >= 0.3 is 5.97 Å². The van der Waals surface area contributed by atoms with Gasteiger partial charge in [0.2, 0.25) is 0 Å². The van der Waals surface area contributed by atoms with Crippen molar-refractivity contribution in [3.05, 3.63) is 0 Å². The first kappa shape index (κ1) is 17.7. The van der Waals surface area contributed by atoms with Crippen molar-refractivity contribution in [1.29, 1.82) is 0 Å². The lowest BCUT2D eigenvalue weighted by Gasteiger charge is -2.35. The van der Waals surface area contributed by atoms with Crippen LogP contribution in [0.25, 0.3) is 0 Å². The van der Waals surface area contributed by atoms with Crippen LogP contribution in [0.3, 0.4) is 0 Å². The minimum absolute atomic E-state index is 0.102. The molecule has 1 aliphatic carbocycles. The van der Waals surface area contributed by atoms with E-state index in [0.29, 0.717) is 31.5 Å². The van der Waals surface area contributed by atoms with Crippen molar-refractivity contribution in [2.24, 2.45) is 11.8 Å². The summed E-state index contributed by atoms with van der Waals surface area (Å²) in [5.41, 5.74) is 0. The first-order valence-electron chi connectivity index (χ1n) is 8.65.